The number of hydrogen-bond donors (Lipinski definition) is 2. The quantitative estimate of drug-likeness (QED) is 0.766. The van der Waals surface area contributed by atoms with E-state index in [0.29, 0.717) is 6.04 Å². The Balaban J connectivity index is 1.63. The lowest BCUT2D eigenvalue weighted by atomic mass is 9.98. The molecule has 20 heavy (non-hydrogen) atoms. The zero-order valence-corrected chi connectivity index (χ0v) is 13.0. The summed E-state index contributed by atoms with van der Waals surface area (Å²) >= 11 is 0. The summed E-state index contributed by atoms with van der Waals surface area (Å²) < 4.78 is 0. The fourth-order valence-corrected chi connectivity index (χ4v) is 3.40. The minimum absolute atomic E-state index is 0.0539. The molecule has 0 bridgehead atoms. The van der Waals surface area contributed by atoms with Crippen molar-refractivity contribution in [2.45, 2.75) is 50.1 Å². The molecule has 2 rings (SSSR count). The molecule has 2 fully saturated rings. The molecule has 1 heterocycles. The highest BCUT2D eigenvalue weighted by Crippen LogP contribution is 2.27. The number of hydrogen-bond acceptors (Lipinski definition) is 4. The number of likely N-dealkylation sites (tertiary alicyclic amines) is 1. The van der Waals surface area contributed by atoms with E-state index in [-0.39, 0.29) is 5.91 Å². The normalized spacial score (nSPS) is 24.2. The fraction of sp³-hybridized carbons (Fsp3) is 0.933. The third-order valence-electron chi connectivity index (χ3n) is 4.95. The van der Waals surface area contributed by atoms with Gasteiger partial charge >= 0.3 is 0 Å². The van der Waals surface area contributed by atoms with Crippen molar-refractivity contribution >= 4 is 5.91 Å². The molecule has 0 aromatic carbocycles. The van der Waals surface area contributed by atoms with Crippen LogP contribution in [0, 0.1) is 0 Å². The minimum atomic E-state index is -0.585. The summed E-state index contributed by atoms with van der Waals surface area (Å²) in [5.41, 5.74) is 5.56. The lowest BCUT2D eigenvalue weighted by molar-refractivity contribution is -0.126. The van der Waals surface area contributed by atoms with Crippen LogP contribution in [0.2, 0.25) is 0 Å². The van der Waals surface area contributed by atoms with Gasteiger partial charge in [0.1, 0.15) is 0 Å². The van der Waals surface area contributed by atoms with E-state index in [1.54, 1.807) is 0 Å². The number of amides is 1. The molecule has 3 N–H and O–H groups in total. The predicted octanol–water partition coefficient (Wildman–Crippen LogP) is 0.400. The van der Waals surface area contributed by atoms with E-state index >= 15 is 0 Å². The number of carbonyl (C=O) groups is 1. The van der Waals surface area contributed by atoms with Crippen LogP contribution in [0.4, 0.5) is 0 Å². The van der Waals surface area contributed by atoms with Crippen LogP contribution in [0.15, 0.2) is 0 Å². The van der Waals surface area contributed by atoms with Crippen molar-refractivity contribution in [3.8, 4) is 0 Å². The van der Waals surface area contributed by atoms with E-state index in [4.69, 9.17) is 5.73 Å². The van der Waals surface area contributed by atoms with Gasteiger partial charge in [-0.25, -0.2) is 0 Å². The Kier molecular flexibility index (Phi) is 5.41. The molecule has 0 spiro atoms. The van der Waals surface area contributed by atoms with Gasteiger partial charge in [-0.3, -0.25) is 4.79 Å². The number of rotatable bonds is 5. The van der Waals surface area contributed by atoms with Crippen molar-refractivity contribution in [2.75, 3.05) is 40.3 Å². The highest BCUT2D eigenvalue weighted by molar-refractivity contribution is 5.86. The van der Waals surface area contributed by atoms with Gasteiger partial charge in [0.15, 0.2) is 0 Å². The first kappa shape index (κ1) is 15.7. The van der Waals surface area contributed by atoms with E-state index < -0.39 is 5.54 Å². The smallest absolute Gasteiger partial charge is 0.240 e. The summed E-state index contributed by atoms with van der Waals surface area (Å²) in [7, 11) is 4.31. The van der Waals surface area contributed by atoms with Gasteiger partial charge in [-0.2, -0.15) is 0 Å². The second-order valence-electron chi connectivity index (χ2n) is 6.66. The van der Waals surface area contributed by atoms with Crippen molar-refractivity contribution in [3.63, 3.8) is 0 Å². The SMILES string of the molecule is CN(C)C1CCN(CCNC(=O)C2(N)CCCC2)CC1. The van der Waals surface area contributed by atoms with Crippen LogP contribution in [0.1, 0.15) is 38.5 Å². The maximum atomic E-state index is 12.1. The molecule has 5 heteroatoms. The van der Waals surface area contributed by atoms with Gasteiger partial charge in [-0.1, -0.05) is 12.8 Å². The summed E-state index contributed by atoms with van der Waals surface area (Å²) in [6, 6.07) is 0.714. The maximum absolute atomic E-state index is 12.1. The third-order valence-corrected chi connectivity index (χ3v) is 4.95. The second kappa shape index (κ2) is 6.87. The Bertz CT molecular complexity index is 318. The molecule has 5 nitrogen and oxygen atoms in total. The maximum Gasteiger partial charge on any atom is 0.240 e. The average molecular weight is 282 g/mol. The van der Waals surface area contributed by atoms with Crippen LogP contribution in [-0.2, 0) is 4.79 Å². The number of nitrogens with zero attached hydrogens (tertiary/aromatic N) is 2. The Morgan fingerprint density at radius 3 is 2.45 bits per heavy atom. The number of nitrogens with two attached hydrogens (primary N) is 1. The molecule has 0 aromatic heterocycles. The minimum Gasteiger partial charge on any atom is -0.353 e. The van der Waals surface area contributed by atoms with Crippen molar-refractivity contribution in [3.05, 3.63) is 0 Å². The van der Waals surface area contributed by atoms with Gasteiger partial charge in [0.25, 0.3) is 0 Å². The summed E-state index contributed by atoms with van der Waals surface area (Å²) in [5, 5.41) is 3.03. The first-order chi connectivity index (χ1) is 9.51. The molecular weight excluding hydrogens is 252 g/mol. The molecule has 0 aromatic rings. The number of piperidine rings is 1. The van der Waals surface area contributed by atoms with Gasteiger partial charge in [0, 0.05) is 19.1 Å². The van der Waals surface area contributed by atoms with Gasteiger partial charge in [-0.05, 0) is 52.9 Å². The topological polar surface area (TPSA) is 61.6 Å². The van der Waals surface area contributed by atoms with E-state index in [9.17, 15) is 4.79 Å². The second-order valence-corrected chi connectivity index (χ2v) is 6.66. The molecule has 0 atom stereocenters. The fourth-order valence-electron chi connectivity index (χ4n) is 3.40. The monoisotopic (exact) mass is 282 g/mol. The predicted molar refractivity (Wildman–Crippen MR) is 81.5 cm³/mol. The molecule has 1 saturated heterocycles. The zero-order chi connectivity index (χ0) is 14.6. The van der Waals surface area contributed by atoms with Crippen LogP contribution >= 0.6 is 0 Å². The van der Waals surface area contributed by atoms with Crippen LogP contribution in [-0.4, -0.2) is 67.6 Å². The van der Waals surface area contributed by atoms with Crippen molar-refractivity contribution < 1.29 is 4.79 Å². The first-order valence-electron chi connectivity index (χ1n) is 7.97. The van der Waals surface area contributed by atoms with Crippen molar-refractivity contribution in [1.29, 1.82) is 0 Å². The standard InChI is InChI=1S/C15H30N4O/c1-18(2)13-5-10-19(11-6-13)12-9-17-14(20)15(16)7-3-4-8-15/h13H,3-12,16H2,1-2H3,(H,17,20). The van der Waals surface area contributed by atoms with E-state index in [0.717, 1.165) is 51.9 Å². The van der Waals surface area contributed by atoms with Gasteiger partial charge < -0.3 is 20.9 Å². The molecular formula is C15H30N4O. The summed E-state index contributed by atoms with van der Waals surface area (Å²) in [6.07, 6.45) is 6.30. The molecule has 1 aliphatic heterocycles. The van der Waals surface area contributed by atoms with Crippen molar-refractivity contribution in [1.82, 2.24) is 15.1 Å². The van der Waals surface area contributed by atoms with Crippen LogP contribution in [0.3, 0.4) is 0 Å². The zero-order valence-electron chi connectivity index (χ0n) is 13.0. The highest BCUT2D eigenvalue weighted by atomic mass is 16.2. The molecule has 1 aliphatic carbocycles. The van der Waals surface area contributed by atoms with Crippen LogP contribution in [0.25, 0.3) is 0 Å². The van der Waals surface area contributed by atoms with Crippen molar-refractivity contribution in [2.24, 2.45) is 5.73 Å². The van der Waals surface area contributed by atoms with Gasteiger partial charge in [0.2, 0.25) is 5.91 Å². The van der Waals surface area contributed by atoms with E-state index in [2.05, 4.69) is 29.2 Å². The van der Waals surface area contributed by atoms with E-state index in [1.807, 2.05) is 0 Å². The number of carbonyl (C=O) groups excluding carboxylic acids is 1. The molecule has 0 unspecified atom stereocenters. The lowest BCUT2D eigenvalue weighted by Gasteiger charge is -2.35. The molecule has 116 valence electrons. The summed E-state index contributed by atoms with van der Waals surface area (Å²) in [5.74, 6) is 0.0539. The van der Waals surface area contributed by atoms with E-state index in [1.165, 1.54) is 12.8 Å². The largest absolute Gasteiger partial charge is 0.353 e. The van der Waals surface area contributed by atoms with Crippen LogP contribution in [0.5, 0.6) is 0 Å². The molecule has 1 amide bonds. The molecule has 0 radical (unpaired) electrons. The third kappa shape index (κ3) is 3.93. The Morgan fingerprint density at radius 2 is 1.90 bits per heavy atom. The Labute approximate surface area is 122 Å². The van der Waals surface area contributed by atoms with Crippen LogP contribution < -0.4 is 11.1 Å². The Hall–Kier alpha value is -0.650. The number of nitrogens with one attached hydrogen (secondary N) is 1. The molecule has 2 aliphatic rings. The average Bonchev–Trinajstić information content (AvgIpc) is 2.87. The highest BCUT2D eigenvalue weighted by Gasteiger charge is 2.36. The van der Waals surface area contributed by atoms with Gasteiger partial charge in [0.05, 0.1) is 5.54 Å². The van der Waals surface area contributed by atoms with Gasteiger partial charge in [-0.15, -0.1) is 0 Å². The lowest BCUT2D eigenvalue weighted by Crippen LogP contribution is -2.53. The first-order valence-corrected chi connectivity index (χ1v) is 7.97. The summed E-state index contributed by atoms with van der Waals surface area (Å²) in [6.45, 7) is 3.94. The summed E-state index contributed by atoms with van der Waals surface area (Å²) in [4.78, 5) is 16.8. The Morgan fingerprint density at radius 1 is 1.30 bits per heavy atom. The molecule has 1 saturated carbocycles.